The van der Waals surface area contributed by atoms with Crippen LogP contribution in [-0.4, -0.2) is 20.3 Å². The second-order valence-electron chi connectivity index (χ2n) is 6.64. The number of ketones is 1. The van der Waals surface area contributed by atoms with E-state index in [1.54, 1.807) is 5.38 Å². The first-order valence-electron chi connectivity index (χ1n) is 8.88. The molecule has 3 aromatic heterocycles. The van der Waals surface area contributed by atoms with E-state index in [1.807, 2.05) is 50.2 Å². The van der Waals surface area contributed by atoms with Gasteiger partial charge in [0.15, 0.2) is 11.7 Å². The Balaban J connectivity index is 1.71. The number of hydrogen-bond acceptors (Lipinski definition) is 7. The van der Waals surface area contributed by atoms with Crippen LogP contribution in [0, 0.1) is 25.2 Å². The van der Waals surface area contributed by atoms with Gasteiger partial charge >= 0.3 is 0 Å². The number of carbonyl (C=O) groups is 1. The summed E-state index contributed by atoms with van der Waals surface area (Å²) in [5, 5.41) is 12.2. The van der Waals surface area contributed by atoms with E-state index in [4.69, 9.17) is 0 Å². The SMILES string of the molecule is Cc1csc(C(C#N)C(=O)Cn2cnc3sc(-c4ccccc4)c(C)c3c2=O)n1. The third-order valence-corrected chi connectivity index (χ3v) is 6.89. The van der Waals surface area contributed by atoms with Gasteiger partial charge in [0, 0.05) is 16.0 Å². The number of nitriles is 1. The Hall–Kier alpha value is -3.15. The molecule has 0 aliphatic rings. The van der Waals surface area contributed by atoms with Gasteiger partial charge in [-0.05, 0) is 25.0 Å². The summed E-state index contributed by atoms with van der Waals surface area (Å²) < 4.78 is 1.28. The quantitative estimate of drug-likeness (QED) is 0.485. The average molecular weight is 421 g/mol. The predicted molar refractivity (Wildman–Crippen MR) is 114 cm³/mol. The highest BCUT2D eigenvalue weighted by Crippen LogP contribution is 2.35. The molecule has 0 fully saturated rings. The van der Waals surface area contributed by atoms with Gasteiger partial charge in [-0.15, -0.1) is 22.7 Å². The van der Waals surface area contributed by atoms with E-state index in [9.17, 15) is 14.9 Å². The maximum absolute atomic E-state index is 13.1. The lowest BCUT2D eigenvalue weighted by molar-refractivity contribution is -0.120. The van der Waals surface area contributed by atoms with Crippen LogP contribution >= 0.6 is 22.7 Å². The van der Waals surface area contributed by atoms with Crippen LogP contribution in [0.3, 0.4) is 0 Å². The lowest BCUT2D eigenvalue weighted by Crippen LogP contribution is -2.27. The zero-order chi connectivity index (χ0) is 20.5. The van der Waals surface area contributed by atoms with Crippen LogP contribution in [0.25, 0.3) is 20.7 Å². The highest BCUT2D eigenvalue weighted by molar-refractivity contribution is 7.22. The number of thiazole rings is 1. The van der Waals surface area contributed by atoms with Crippen molar-refractivity contribution in [1.82, 2.24) is 14.5 Å². The Morgan fingerprint density at radius 1 is 1.28 bits per heavy atom. The monoisotopic (exact) mass is 420 g/mol. The molecule has 144 valence electrons. The Morgan fingerprint density at radius 3 is 2.69 bits per heavy atom. The van der Waals surface area contributed by atoms with E-state index in [1.165, 1.54) is 33.6 Å². The number of carbonyl (C=O) groups excluding carboxylic acids is 1. The molecule has 6 nitrogen and oxygen atoms in total. The van der Waals surface area contributed by atoms with Crippen molar-refractivity contribution in [3.05, 3.63) is 68.7 Å². The molecule has 4 rings (SSSR count). The van der Waals surface area contributed by atoms with Gasteiger partial charge in [0.25, 0.3) is 5.56 Å². The summed E-state index contributed by atoms with van der Waals surface area (Å²) in [6, 6.07) is 11.8. The maximum atomic E-state index is 13.1. The van der Waals surface area contributed by atoms with Gasteiger partial charge in [-0.2, -0.15) is 5.26 Å². The fraction of sp³-hybridized carbons (Fsp3) is 0.190. The third-order valence-electron chi connectivity index (χ3n) is 4.61. The van der Waals surface area contributed by atoms with Crippen LogP contribution in [0.2, 0.25) is 0 Å². The minimum absolute atomic E-state index is 0.214. The molecule has 29 heavy (non-hydrogen) atoms. The van der Waals surface area contributed by atoms with Crippen LogP contribution in [0.5, 0.6) is 0 Å². The van der Waals surface area contributed by atoms with Crippen molar-refractivity contribution in [2.75, 3.05) is 0 Å². The number of Topliss-reactive ketones (excluding diaryl/α,β-unsaturated/α-hetero) is 1. The van der Waals surface area contributed by atoms with Crippen molar-refractivity contribution in [3.8, 4) is 16.5 Å². The van der Waals surface area contributed by atoms with Crippen LogP contribution in [-0.2, 0) is 11.3 Å². The van der Waals surface area contributed by atoms with E-state index < -0.39 is 5.92 Å². The topological polar surface area (TPSA) is 88.6 Å². The molecule has 0 spiro atoms. The maximum Gasteiger partial charge on any atom is 0.262 e. The smallest absolute Gasteiger partial charge is 0.262 e. The Kier molecular flexibility index (Phi) is 5.09. The number of benzene rings is 1. The van der Waals surface area contributed by atoms with Crippen LogP contribution < -0.4 is 5.56 Å². The lowest BCUT2D eigenvalue weighted by Gasteiger charge is -2.07. The zero-order valence-electron chi connectivity index (χ0n) is 15.7. The summed E-state index contributed by atoms with van der Waals surface area (Å²) in [7, 11) is 0. The van der Waals surface area contributed by atoms with Gasteiger partial charge in [-0.3, -0.25) is 14.2 Å². The van der Waals surface area contributed by atoms with E-state index in [-0.39, 0.29) is 17.9 Å². The molecule has 8 heteroatoms. The number of aromatic nitrogens is 3. The lowest BCUT2D eigenvalue weighted by atomic mass is 10.1. The highest BCUT2D eigenvalue weighted by Gasteiger charge is 2.24. The summed E-state index contributed by atoms with van der Waals surface area (Å²) >= 11 is 2.73. The highest BCUT2D eigenvalue weighted by atomic mass is 32.1. The molecule has 0 bridgehead atoms. The number of fused-ring (bicyclic) bond motifs is 1. The number of hydrogen-bond donors (Lipinski definition) is 0. The van der Waals surface area contributed by atoms with E-state index in [0.29, 0.717) is 15.2 Å². The molecule has 0 saturated heterocycles. The van der Waals surface area contributed by atoms with Gasteiger partial charge in [0.1, 0.15) is 9.84 Å². The summed E-state index contributed by atoms with van der Waals surface area (Å²) in [6.07, 6.45) is 1.38. The first-order chi connectivity index (χ1) is 14.0. The van der Waals surface area contributed by atoms with Crippen LogP contribution in [0.1, 0.15) is 22.2 Å². The normalized spacial score (nSPS) is 12.0. The Bertz CT molecular complexity index is 1310. The number of nitrogens with zero attached hydrogens (tertiary/aromatic N) is 4. The second-order valence-corrected chi connectivity index (χ2v) is 8.52. The minimum Gasteiger partial charge on any atom is -0.296 e. The summed E-state index contributed by atoms with van der Waals surface area (Å²) in [6.45, 7) is 3.49. The molecule has 0 aliphatic heterocycles. The van der Waals surface area contributed by atoms with Gasteiger partial charge in [0.2, 0.25) is 0 Å². The minimum atomic E-state index is -0.986. The summed E-state index contributed by atoms with van der Waals surface area (Å²) in [5.74, 6) is -1.36. The molecule has 0 saturated carbocycles. The molecule has 0 radical (unpaired) electrons. The first kappa shape index (κ1) is 19.2. The van der Waals surface area contributed by atoms with Crippen LogP contribution in [0.4, 0.5) is 0 Å². The number of aryl methyl sites for hydroxylation is 2. The molecular formula is C21H16N4O2S2. The number of rotatable bonds is 5. The summed E-state index contributed by atoms with van der Waals surface area (Å²) in [5.41, 5.74) is 2.37. The van der Waals surface area contributed by atoms with Crippen LogP contribution in [0.15, 0.2) is 46.8 Å². The molecule has 3 heterocycles. The molecule has 4 aromatic rings. The van der Waals surface area contributed by atoms with Gasteiger partial charge in [0.05, 0.1) is 24.3 Å². The fourth-order valence-electron chi connectivity index (χ4n) is 3.17. The molecule has 0 N–H and O–H groups in total. The number of thiophene rings is 1. The van der Waals surface area contributed by atoms with Gasteiger partial charge in [-0.1, -0.05) is 30.3 Å². The van der Waals surface area contributed by atoms with Gasteiger partial charge < -0.3 is 0 Å². The average Bonchev–Trinajstić information content (AvgIpc) is 3.29. The van der Waals surface area contributed by atoms with Crippen molar-refractivity contribution in [2.45, 2.75) is 26.3 Å². The molecule has 0 amide bonds. The molecule has 0 aliphatic carbocycles. The molecule has 1 unspecified atom stereocenters. The second kappa shape index (κ2) is 7.70. The van der Waals surface area contributed by atoms with Crippen molar-refractivity contribution < 1.29 is 4.79 Å². The van der Waals surface area contributed by atoms with Crippen molar-refractivity contribution >= 4 is 38.7 Å². The molecular weight excluding hydrogens is 404 g/mol. The van der Waals surface area contributed by atoms with Crippen molar-refractivity contribution in [3.63, 3.8) is 0 Å². The first-order valence-corrected chi connectivity index (χ1v) is 10.6. The third kappa shape index (κ3) is 3.50. The molecule has 1 atom stereocenters. The predicted octanol–water partition coefficient (Wildman–Crippen LogP) is 4.07. The fourth-order valence-corrected chi connectivity index (χ4v) is 5.17. The standard InChI is InChI=1S/C21H16N4O2S2/c1-12-10-28-19(24-12)15(8-22)16(26)9-25-11-23-20-17(21(25)27)13(2)18(29-20)14-6-4-3-5-7-14/h3-7,10-11,15H,9H2,1-2H3. The Labute approximate surface area is 174 Å². The molecule has 1 aromatic carbocycles. The zero-order valence-corrected chi connectivity index (χ0v) is 17.4. The Morgan fingerprint density at radius 2 is 2.03 bits per heavy atom. The van der Waals surface area contributed by atoms with Gasteiger partial charge in [-0.25, -0.2) is 9.97 Å². The van der Waals surface area contributed by atoms with E-state index in [0.717, 1.165) is 21.7 Å². The summed E-state index contributed by atoms with van der Waals surface area (Å²) in [4.78, 5) is 36.0. The largest absolute Gasteiger partial charge is 0.296 e. The van der Waals surface area contributed by atoms with E-state index >= 15 is 0 Å². The van der Waals surface area contributed by atoms with Crippen molar-refractivity contribution in [2.24, 2.45) is 0 Å². The van der Waals surface area contributed by atoms with E-state index in [2.05, 4.69) is 9.97 Å². The van der Waals surface area contributed by atoms with Crippen molar-refractivity contribution in [1.29, 1.82) is 5.26 Å².